The van der Waals surface area contributed by atoms with Crippen LogP contribution < -0.4 is 0 Å². The van der Waals surface area contributed by atoms with Gasteiger partial charge in [-0.05, 0) is 41.8 Å². The Morgan fingerprint density at radius 1 is 0.895 bits per heavy atom. The molecular weight excluding hydrogens is 279 g/mol. The molecule has 96 valence electrons. The molecule has 0 spiro atoms. The minimum Gasteiger partial charge on any atom is -0.303 e. The third kappa shape index (κ3) is 2.07. The molecule has 19 heavy (non-hydrogen) atoms. The van der Waals surface area contributed by atoms with Crippen molar-refractivity contribution in [2.45, 2.75) is 11.8 Å². The fourth-order valence-electron chi connectivity index (χ4n) is 2.78. The summed E-state index contributed by atoms with van der Waals surface area (Å²) in [5.74, 6) is 0.0369. The van der Waals surface area contributed by atoms with Crippen LogP contribution in [0.4, 0.5) is 0 Å². The maximum atomic E-state index is 11.2. The first-order valence-electron chi connectivity index (χ1n) is 6.14. The van der Waals surface area contributed by atoms with Gasteiger partial charge in [0, 0.05) is 21.4 Å². The van der Waals surface area contributed by atoms with E-state index >= 15 is 0 Å². The average Bonchev–Trinajstić information content (AvgIpc) is 3.16. The van der Waals surface area contributed by atoms with Gasteiger partial charge in [-0.1, -0.05) is 47.5 Å². The van der Waals surface area contributed by atoms with Crippen molar-refractivity contribution in [2.75, 3.05) is 0 Å². The van der Waals surface area contributed by atoms with Crippen LogP contribution >= 0.6 is 23.2 Å². The van der Waals surface area contributed by atoms with E-state index in [-0.39, 0.29) is 11.3 Å². The first kappa shape index (κ1) is 12.7. The summed E-state index contributed by atoms with van der Waals surface area (Å²) in [6.07, 6.45) is 1.89. The molecule has 0 aliphatic heterocycles. The number of halogens is 2. The number of carbonyl (C=O) groups is 1. The molecule has 1 fully saturated rings. The summed E-state index contributed by atoms with van der Waals surface area (Å²) < 4.78 is 0. The molecule has 2 aromatic rings. The molecule has 0 amide bonds. The monoisotopic (exact) mass is 290 g/mol. The predicted octanol–water partition coefficient (Wildman–Crippen LogP) is 4.50. The topological polar surface area (TPSA) is 17.1 Å². The summed E-state index contributed by atoms with van der Waals surface area (Å²) >= 11 is 11.9. The number of hydrogen-bond acceptors (Lipinski definition) is 1. The first-order valence-corrected chi connectivity index (χ1v) is 6.90. The molecule has 3 heteroatoms. The Balaban J connectivity index is 2.08. The molecule has 0 aromatic heterocycles. The molecule has 2 aromatic carbocycles. The molecule has 0 heterocycles. The summed E-state index contributed by atoms with van der Waals surface area (Å²) in [5, 5.41) is 1.41. The van der Waals surface area contributed by atoms with Gasteiger partial charge in [0.1, 0.15) is 6.29 Å². The lowest BCUT2D eigenvalue weighted by atomic mass is 9.86. The molecule has 1 atom stereocenters. The van der Waals surface area contributed by atoms with Gasteiger partial charge in [-0.2, -0.15) is 0 Å². The lowest BCUT2D eigenvalue weighted by molar-refractivity contribution is -0.109. The standard InChI is InChI=1S/C16H12Cl2O/c17-14-5-1-11(2-6-14)16(9-13(16)10-19)12-3-7-15(18)8-4-12/h1-8,10,13H,9H2. The van der Waals surface area contributed by atoms with Crippen molar-refractivity contribution in [3.8, 4) is 0 Å². The van der Waals surface area contributed by atoms with E-state index in [2.05, 4.69) is 0 Å². The van der Waals surface area contributed by atoms with Crippen molar-refractivity contribution in [2.24, 2.45) is 5.92 Å². The van der Waals surface area contributed by atoms with E-state index in [1.54, 1.807) is 0 Å². The molecule has 0 saturated heterocycles. The number of rotatable bonds is 3. The number of carbonyl (C=O) groups excluding carboxylic acids is 1. The summed E-state index contributed by atoms with van der Waals surface area (Å²) in [4.78, 5) is 11.2. The van der Waals surface area contributed by atoms with Gasteiger partial charge in [-0.25, -0.2) is 0 Å². The maximum absolute atomic E-state index is 11.2. The van der Waals surface area contributed by atoms with Crippen LogP contribution in [0.25, 0.3) is 0 Å². The number of aldehydes is 1. The molecule has 0 bridgehead atoms. The van der Waals surface area contributed by atoms with Gasteiger partial charge in [0.15, 0.2) is 0 Å². The third-order valence-electron chi connectivity index (χ3n) is 3.90. The van der Waals surface area contributed by atoms with E-state index in [1.165, 1.54) is 0 Å². The Labute approximate surface area is 122 Å². The van der Waals surface area contributed by atoms with Gasteiger partial charge in [-0.15, -0.1) is 0 Å². The molecule has 3 rings (SSSR count). The first-order chi connectivity index (χ1) is 9.16. The van der Waals surface area contributed by atoms with Gasteiger partial charge in [0.25, 0.3) is 0 Å². The molecule has 0 radical (unpaired) electrons. The van der Waals surface area contributed by atoms with Gasteiger partial charge >= 0.3 is 0 Å². The van der Waals surface area contributed by atoms with Crippen molar-refractivity contribution in [1.29, 1.82) is 0 Å². The van der Waals surface area contributed by atoms with E-state index in [1.807, 2.05) is 48.5 Å². The second kappa shape index (κ2) is 4.66. The average molecular weight is 291 g/mol. The molecule has 1 nitrogen and oxygen atoms in total. The molecule has 0 N–H and O–H groups in total. The van der Waals surface area contributed by atoms with Crippen LogP contribution in [0.2, 0.25) is 10.0 Å². The summed E-state index contributed by atoms with van der Waals surface area (Å²) in [5.41, 5.74) is 2.07. The van der Waals surface area contributed by atoms with Crippen LogP contribution in [-0.2, 0) is 10.2 Å². The van der Waals surface area contributed by atoms with Crippen LogP contribution in [0.3, 0.4) is 0 Å². The van der Waals surface area contributed by atoms with Crippen LogP contribution in [0.1, 0.15) is 17.5 Å². The van der Waals surface area contributed by atoms with E-state index in [4.69, 9.17) is 23.2 Å². The maximum Gasteiger partial charge on any atom is 0.124 e. The predicted molar refractivity (Wildman–Crippen MR) is 77.9 cm³/mol. The highest BCUT2D eigenvalue weighted by Gasteiger charge is 2.56. The van der Waals surface area contributed by atoms with Gasteiger partial charge in [0.2, 0.25) is 0 Å². The fourth-order valence-corrected chi connectivity index (χ4v) is 3.03. The van der Waals surface area contributed by atoms with Crippen LogP contribution in [-0.4, -0.2) is 6.29 Å². The largest absolute Gasteiger partial charge is 0.303 e. The van der Waals surface area contributed by atoms with Crippen molar-refractivity contribution in [1.82, 2.24) is 0 Å². The number of hydrogen-bond donors (Lipinski definition) is 0. The van der Waals surface area contributed by atoms with Crippen molar-refractivity contribution >= 4 is 29.5 Å². The minimum absolute atomic E-state index is 0.0369. The van der Waals surface area contributed by atoms with Gasteiger partial charge in [0.05, 0.1) is 0 Å². The smallest absolute Gasteiger partial charge is 0.124 e. The molecule has 1 saturated carbocycles. The highest BCUT2D eigenvalue weighted by Crippen LogP contribution is 2.57. The molecule has 1 unspecified atom stereocenters. The Kier molecular flexibility index (Phi) is 3.12. The van der Waals surface area contributed by atoms with Crippen LogP contribution in [0, 0.1) is 5.92 Å². The SMILES string of the molecule is O=CC1CC1(c1ccc(Cl)cc1)c1ccc(Cl)cc1. The zero-order valence-corrected chi connectivity index (χ0v) is 11.7. The summed E-state index contributed by atoms with van der Waals surface area (Å²) in [6.45, 7) is 0. The minimum atomic E-state index is -0.197. The van der Waals surface area contributed by atoms with E-state index in [9.17, 15) is 4.79 Å². The fraction of sp³-hybridized carbons (Fsp3) is 0.188. The molecular formula is C16H12Cl2O. The van der Waals surface area contributed by atoms with Crippen LogP contribution in [0.15, 0.2) is 48.5 Å². The van der Waals surface area contributed by atoms with Crippen molar-refractivity contribution < 1.29 is 4.79 Å². The van der Waals surface area contributed by atoms with E-state index in [0.29, 0.717) is 10.0 Å². The van der Waals surface area contributed by atoms with Crippen molar-refractivity contribution in [3.05, 3.63) is 69.7 Å². The molecule has 1 aliphatic rings. The van der Waals surface area contributed by atoms with E-state index < -0.39 is 0 Å². The zero-order chi connectivity index (χ0) is 13.5. The highest BCUT2D eigenvalue weighted by atomic mass is 35.5. The Bertz CT molecular complexity index is 556. The molecule has 1 aliphatic carbocycles. The zero-order valence-electron chi connectivity index (χ0n) is 10.1. The second-order valence-electron chi connectivity index (χ2n) is 4.93. The lowest BCUT2D eigenvalue weighted by Gasteiger charge is -2.17. The summed E-state index contributed by atoms with van der Waals surface area (Å²) in [7, 11) is 0. The highest BCUT2D eigenvalue weighted by molar-refractivity contribution is 6.30. The van der Waals surface area contributed by atoms with E-state index in [0.717, 1.165) is 23.8 Å². The Morgan fingerprint density at radius 3 is 1.63 bits per heavy atom. The summed E-state index contributed by atoms with van der Waals surface area (Å²) in [6, 6.07) is 15.5. The number of benzene rings is 2. The van der Waals surface area contributed by atoms with Crippen molar-refractivity contribution in [3.63, 3.8) is 0 Å². The Morgan fingerprint density at radius 2 is 1.32 bits per heavy atom. The Hall–Kier alpha value is -1.31. The second-order valence-corrected chi connectivity index (χ2v) is 5.80. The third-order valence-corrected chi connectivity index (χ3v) is 4.40. The van der Waals surface area contributed by atoms with Gasteiger partial charge in [-0.3, -0.25) is 0 Å². The normalized spacial score (nSPS) is 20.0. The lowest BCUT2D eigenvalue weighted by Crippen LogP contribution is -2.12. The van der Waals surface area contributed by atoms with Gasteiger partial charge < -0.3 is 4.79 Å². The van der Waals surface area contributed by atoms with Crippen LogP contribution in [0.5, 0.6) is 0 Å². The quantitative estimate of drug-likeness (QED) is 0.761.